The van der Waals surface area contributed by atoms with E-state index < -0.39 is 23.3 Å². The van der Waals surface area contributed by atoms with E-state index in [0.717, 1.165) is 63.1 Å². The molecule has 246 valence electrons. The SMILES string of the molecule is N#Cc1c(N)sc2c(F)ccc(-c3c(Cl)c4c5c(nc(OC[C@@]67CCCN6C[C@H](F)C7)nc5c3F)N(C3CCCNCC3)CCO4)c12. The van der Waals surface area contributed by atoms with Crippen LogP contribution < -0.4 is 25.4 Å². The van der Waals surface area contributed by atoms with E-state index in [2.05, 4.69) is 20.1 Å². The zero-order chi connectivity index (χ0) is 32.4. The predicted molar refractivity (Wildman–Crippen MR) is 176 cm³/mol. The molecule has 1 unspecified atom stereocenters. The van der Waals surface area contributed by atoms with Crippen LogP contribution in [0.25, 0.3) is 32.1 Å². The van der Waals surface area contributed by atoms with E-state index in [4.69, 9.17) is 31.8 Å². The molecule has 0 saturated carbocycles. The quantitative estimate of drug-likeness (QED) is 0.254. The first-order valence-corrected chi connectivity index (χ1v) is 17.2. The number of benzene rings is 2. The Hall–Kier alpha value is -3.57. The van der Waals surface area contributed by atoms with Crippen molar-refractivity contribution in [2.75, 3.05) is 56.6 Å². The summed E-state index contributed by atoms with van der Waals surface area (Å²) in [5.41, 5.74) is 5.76. The van der Waals surface area contributed by atoms with Crippen LogP contribution in [0, 0.1) is 23.0 Å². The molecule has 4 aliphatic heterocycles. The molecule has 0 bridgehead atoms. The van der Waals surface area contributed by atoms with Crippen molar-refractivity contribution in [3.05, 3.63) is 34.4 Å². The molecule has 8 rings (SSSR count). The average molecular weight is 684 g/mol. The van der Waals surface area contributed by atoms with E-state index in [0.29, 0.717) is 30.7 Å². The van der Waals surface area contributed by atoms with Gasteiger partial charge >= 0.3 is 6.01 Å². The highest BCUT2D eigenvalue weighted by molar-refractivity contribution is 7.23. The van der Waals surface area contributed by atoms with Crippen molar-refractivity contribution in [3.8, 4) is 29.0 Å². The number of nitrogens with two attached hydrogens (primary N) is 1. The first kappa shape index (κ1) is 30.7. The number of nitrogens with zero attached hydrogens (tertiary/aromatic N) is 5. The van der Waals surface area contributed by atoms with E-state index in [-0.39, 0.29) is 73.3 Å². The van der Waals surface area contributed by atoms with Crippen LogP contribution in [-0.4, -0.2) is 78.6 Å². The molecule has 2 aromatic heterocycles. The Bertz CT molecular complexity index is 1950. The number of thiophene rings is 1. The van der Waals surface area contributed by atoms with E-state index in [9.17, 15) is 14.0 Å². The summed E-state index contributed by atoms with van der Waals surface area (Å²) >= 11 is 7.97. The van der Waals surface area contributed by atoms with Crippen LogP contribution in [0.15, 0.2) is 12.1 Å². The molecule has 14 heteroatoms. The number of hydrogen-bond acceptors (Lipinski definition) is 10. The summed E-state index contributed by atoms with van der Waals surface area (Å²) in [6.45, 7) is 3.81. The number of nitrogens with one attached hydrogen (secondary N) is 1. The molecule has 4 aromatic rings. The Morgan fingerprint density at radius 1 is 1.19 bits per heavy atom. The van der Waals surface area contributed by atoms with Crippen molar-refractivity contribution < 1.29 is 22.6 Å². The zero-order valence-corrected chi connectivity index (χ0v) is 27.1. The van der Waals surface area contributed by atoms with E-state index in [1.807, 2.05) is 6.07 Å². The first-order chi connectivity index (χ1) is 22.8. The third-order valence-electron chi connectivity index (χ3n) is 10.2. The number of ether oxygens (including phenoxy) is 2. The molecule has 0 radical (unpaired) electrons. The molecular formula is C33H33ClF3N7O2S. The Kier molecular flexibility index (Phi) is 7.74. The second-order valence-corrected chi connectivity index (χ2v) is 14.3. The minimum atomic E-state index is -0.931. The van der Waals surface area contributed by atoms with Crippen LogP contribution in [-0.2, 0) is 0 Å². The number of alkyl halides is 1. The lowest BCUT2D eigenvalue weighted by Gasteiger charge is -2.32. The number of hydrogen-bond donors (Lipinski definition) is 2. The van der Waals surface area contributed by atoms with Crippen molar-refractivity contribution in [3.63, 3.8) is 0 Å². The van der Waals surface area contributed by atoms with Gasteiger partial charge in [0.25, 0.3) is 0 Å². The molecule has 3 N–H and O–H groups in total. The van der Waals surface area contributed by atoms with E-state index in [1.165, 1.54) is 12.1 Å². The first-order valence-electron chi connectivity index (χ1n) is 16.1. The van der Waals surface area contributed by atoms with Gasteiger partial charge in [-0.15, -0.1) is 11.3 Å². The van der Waals surface area contributed by atoms with E-state index >= 15 is 4.39 Å². The monoisotopic (exact) mass is 683 g/mol. The fourth-order valence-electron chi connectivity index (χ4n) is 8.06. The maximum Gasteiger partial charge on any atom is 0.319 e. The van der Waals surface area contributed by atoms with Gasteiger partial charge in [-0.25, -0.2) is 13.2 Å². The molecule has 2 aromatic carbocycles. The van der Waals surface area contributed by atoms with Crippen LogP contribution >= 0.6 is 22.9 Å². The predicted octanol–water partition coefficient (Wildman–Crippen LogP) is 6.19. The van der Waals surface area contributed by atoms with Crippen LogP contribution in [0.5, 0.6) is 11.8 Å². The Balaban J connectivity index is 1.34. The van der Waals surface area contributed by atoms with Crippen LogP contribution in [0.3, 0.4) is 0 Å². The maximum atomic E-state index is 17.2. The van der Waals surface area contributed by atoms with Gasteiger partial charge in [0.05, 0.1) is 32.8 Å². The van der Waals surface area contributed by atoms with Gasteiger partial charge in [0.2, 0.25) is 0 Å². The number of aromatic nitrogens is 2. The van der Waals surface area contributed by atoms with Gasteiger partial charge in [0, 0.05) is 30.0 Å². The molecule has 3 saturated heterocycles. The van der Waals surface area contributed by atoms with Gasteiger partial charge in [-0.05, 0) is 63.4 Å². The van der Waals surface area contributed by atoms with Crippen LogP contribution in [0.4, 0.5) is 24.0 Å². The minimum absolute atomic E-state index is 0.0189. The highest BCUT2D eigenvalue weighted by Gasteiger charge is 2.49. The van der Waals surface area contributed by atoms with Crippen LogP contribution in [0.2, 0.25) is 5.02 Å². The molecule has 4 aliphatic rings. The molecular weight excluding hydrogens is 651 g/mol. The van der Waals surface area contributed by atoms with Gasteiger partial charge < -0.3 is 25.4 Å². The number of rotatable bonds is 5. The lowest BCUT2D eigenvalue weighted by Crippen LogP contribution is -2.43. The Labute approximate surface area is 278 Å². The second-order valence-electron chi connectivity index (χ2n) is 12.9. The van der Waals surface area contributed by atoms with Gasteiger partial charge in [-0.3, -0.25) is 4.90 Å². The Morgan fingerprint density at radius 2 is 2.06 bits per heavy atom. The lowest BCUT2D eigenvalue weighted by molar-refractivity contribution is 0.107. The highest BCUT2D eigenvalue weighted by Crippen LogP contribution is 2.51. The topological polar surface area (TPSA) is 113 Å². The summed E-state index contributed by atoms with van der Waals surface area (Å²) in [7, 11) is 0. The molecule has 6 heterocycles. The summed E-state index contributed by atoms with van der Waals surface area (Å²) in [6, 6.07) is 4.73. The smallest absolute Gasteiger partial charge is 0.319 e. The molecule has 3 atom stereocenters. The molecule has 9 nitrogen and oxygen atoms in total. The number of nitriles is 1. The number of nitrogen functional groups attached to an aromatic ring is 1. The third-order valence-corrected chi connectivity index (χ3v) is 11.6. The van der Waals surface area contributed by atoms with Gasteiger partial charge in [0.15, 0.2) is 11.6 Å². The fourth-order valence-corrected chi connectivity index (χ4v) is 9.34. The maximum absolute atomic E-state index is 17.2. The van der Waals surface area contributed by atoms with Crippen molar-refractivity contribution in [1.82, 2.24) is 20.2 Å². The summed E-state index contributed by atoms with van der Waals surface area (Å²) < 4.78 is 59.4. The third kappa shape index (κ3) is 4.94. The normalized spacial score (nSPS) is 24.6. The van der Waals surface area contributed by atoms with Gasteiger partial charge in [-0.2, -0.15) is 15.2 Å². The van der Waals surface area contributed by atoms with Crippen LogP contribution in [0.1, 0.15) is 44.1 Å². The van der Waals surface area contributed by atoms with Gasteiger partial charge in [-0.1, -0.05) is 17.7 Å². The largest absolute Gasteiger partial charge is 0.489 e. The number of fused-ring (bicyclic) bond motifs is 2. The van der Waals surface area contributed by atoms with Crippen molar-refractivity contribution in [2.45, 2.75) is 56.3 Å². The van der Waals surface area contributed by atoms with Crippen molar-refractivity contribution >= 4 is 54.7 Å². The second kappa shape index (κ2) is 11.8. The van der Waals surface area contributed by atoms with Gasteiger partial charge in [0.1, 0.15) is 47.6 Å². The minimum Gasteiger partial charge on any atom is -0.489 e. The zero-order valence-electron chi connectivity index (χ0n) is 25.6. The summed E-state index contributed by atoms with van der Waals surface area (Å²) in [5, 5.41) is 14.0. The average Bonchev–Trinajstić information content (AvgIpc) is 3.54. The standard InChI is InChI=1S/C33H33ClF3N7O2S/c34-25-23(19-4-5-21(36)29-22(19)20(14-38)30(39)47-29)26(37)27-24-28(25)45-12-11-44(18-3-1-8-40-9-6-18)31(24)42-32(41-27)46-16-33-7-2-10-43(33)15-17(35)13-33/h4-5,17-18,40H,1-3,6-13,15-16,39H2/t17-,18?,33+/m1/s1. The Morgan fingerprint density at radius 3 is 2.91 bits per heavy atom. The molecule has 3 fully saturated rings. The van der Waals surface area contributed by atoms with E-state index in [1.54, 1.807) is 0 Å². The van der Waals surface area contributed by atoms with Crippen molar-refractivity contribution in [1.29, 1.82) is 5.26 Å². The lowest BCUT2D eigenvalue weighted by atomic mass is 9.95. The fraction of sp³-hybridized carbons (Fsp3) is 0.485. The summed E-state index contributed by atoms with van der Waals surface area (Å²) in [4.78, 5) is 13.8. The summed E-state index contributed by atoms with van der Waals surface area (Å²) in [5.74, 6) is -0.675. The molecule has 0 spiro atoms. The number of anilines is 2. The molecule has 47 heavy (non-hydrogen) atoms. The van der Waals surface area contributed by atoms with Crippen molar-refractivity contribution in [2.24, 2.45) is 0 Å². The number of halogens is 4. The molecule has 0 aliphatic carbocycles. The highest BCUT2D eigenvalue weighted by atomic mass is 35.5. The molecule has 0 amide bonds. The summed E-state index contributed by atoms with van der Waals surface area (Å²) in [6.07, 6.45) is 3.90.